The van der Waals surface area contributed by atoms with Crippen LogP contribution in [0.3, 0.4) is 0 Å². The lowest BCUT2D eigenvalue weighted by molar-refractivity contribution is 0.404. The third-order valence-corrected chi connectivity index (χ3v) is 3.76. The monoisotopic (exact) mass is 325 g/mol. The molecule has 21 heavy (non-hydrogen) atoms. The first kappa shape index (κ1) is 15.8. The summed E-state index contributed by atoms with van der Waals surface area (Å²) in [5, 5.41) is 4.62. The van der Waals surface area contributed by atoms with E-state index in [4.69, 9.17) is 32.7 Å². The molecule has 2 aromatic carbocycles. The predicted molar refractivity (Wildman–Crippen MR) is 88.0 cm³/mol. The maximum atomic E-state index is 6.10. The Labute approximate surface area is 134 Å². The van der Waals surface area contributed by atoms with E-state index >= 15 is 0 Å². The van der Waals surface area contributed by atoms with E-state index in [0.717, 1.165) is 16.3 Å². The lowest BCUT2D eigenvalue weighted by Gasteiger charge is -2.19. The van der Waals surface area contributed by atoms with Gasteiger partial charge in [0, 0.05) is 23.2 Å². The average molecular weight is 326 g/mol. The summed E-state index contributed by atoms with van der Waals surface area (Å²) in [5.41, 5.74) is 1.94. The van der Waals surface area contributed by atoms with Gasteiger partial charge in [0.25, 0.3) is 0 Å². The van der Waals surface area contributed by atoms with Crippen molar-refractivity contribution in [2.24, 2.45) is 0 Å². The van der Waals surface area contributed by atoms with Crippen molar-refractivity contribution in [1.29, 1.82) is 0 Å². The Kier molecular flexibility index (Phi) is 5.21. The molecule has 2 rings (SSSR count). The van der Waals surface area contributed by atoms with Crippen LogP contribution in [-0.4, -0.2) is 14.2 Å². The van der Waals surface area contributed by atoms with Crippen LogP contribution in [0.4, 0.5) is 5.69 Å². The van der Waals surface area contributed by atoms with Gasteiger partial charge in [0.15, 0.2) is 0 Å². The summed E-state index contributed by atoms with van der Waals surface area (Å²) in [6.45, 7) is 2.06. The average Bonchev–Trinajstić information content (AvgIpc) is 2.49. The molecule has 1 atom stereocenters. The fourth-order valence-electron chi connectivity index (χ4n) is 2.04. The van der Waals surface area contributed by atoms with Crippen LogP contribution in [-0.2, 0) is 0 Å². The second-order valence-corrected chi connectivity index (χ2v) is 5.45. The van der Waals surface area contributed by atoms with Crippen molar-refractivity contribution in [2.75, 3.05) is 19.5 Å². The first-order valence-electron chi connectivity index (χ1n) is 6.48. The Bertz CT molecular complexity index is 614. The summed E-state index contributed by atoms with van der Waals surface area (Å²) >= 11 is 12.0. The molecule has 0 saturated heterocycles. The number of benzene rings is 2. The molecule has 0 spiro atoms. The van der Waals surface area contributed by atoms with E-state index in [2.05, 4.69) is 12.2 Å². The van der Waals surface area contributed by atoms with Gasteiger partial charge in [-0.1, -0.05) is 35.3 Å². The summed E-state index contributed by atoms with van der Waals surface area (Å²) in [4.78, 5) is 0. The summed E-state index contributed by atoms with van der Waals surface area (Å²) in [5.74, 6) is 1.27. The first-order chi connectivity index (χ1) is 10.0. The number of hydrogen-bond donors (Lipinski definition) is 1. The van der Waals surface area contributed by atoms with Crippen molar-refractivity contribution >= 4 is 28.9 Å². The number of ether oxygens (including phenoxy) is 2. The van der Waals surface area contributed by atoms with E-state index in [1.54, 1.807) is 20.3 Å². The number of nitrogens with one attached hydrogen (secondary N) is 1. The molecular formula is C16H17Cl2NO2. The second kappa shape index (κ2) is 6.92. The topological polar surface area (TPSA) is 30.5 Å². The van der Waals surface area contributed by atoms with Crippen molar-refractivity contribution in [3.05, 3.63) is 52.0 Å². The summed E-state index contributed by atoms with van der Waals surface area (Å²) in [7, 11) is 3.19. The molecule has 112 valence electrons. The Balaban J connectivity index is 2.27. The molecule has 0 bridgehead atoms. The van der Waals surface area contributed by atoms with E-state index in [1.807, 2.05) is 30.3 Å². The SMILES string of the molecule is COc1cc(NC(C)c2ccc(Cl)cc2)c(OC)cc1Cl. The van der Waals surface area contributed by atoms with Crippen molar-refractivity contribution in [3.63, 3.8) is 0 Å². The highest BCUT2D eigenvalue weighted by Crippen LogP contribution is 2.37. The molecule has 0 aliphatic rings. The van der Waals surface area contributed by atoms with Gasteiger partial charge in [0.1, 0.15) is 11.5 Å². The van der Waals surface area contributed by atoms with Crippen LogP contribution in [0.25, 0.3) is 0 Å². The van der Waals surface area contributed by atoms with E-state index < -0.39 is 0 Å². The zero-order valence-corrected chi connectivity index (χ0v) is 13.6. The number of methoxy groups -OCH3 is 2. The molecule has 3 nitrogen and oxygen atoms in total. The van der Waals surface area contributed by atoms with Crippen molar-refractivity contribution in [3.8, 4) is 11.5 Å². The van der Waals surface area contributed by atoms with Crippen LogP contribution in [0, 0.1) is 0 Å². The van der Waals surface area contributed by atoms with E-state index in [1.165, 1.54) is 0 Å². The number of halogens is 2. The Morgan fingerprint density at radius 2 is 1.57 bits per heavy atom. The minimum Gasteiger partial charge on any atom is -0.495 e. The van der Waals surface area contributed by atoms with Crippen LogP contribution in [0.1, 0.15) is 18.5 Å². The fraction of sp³-hybridized carbons (Fsp3) is 0.250. The van der Waals surface area contributed by atoms with Crippen LogP contribution in [0.15, 0.2) is 36.4 Å². The minimum absolute atomic E-state index is 0.0852. The quantitative estimate of drug-likeness (QED) is 0.821. The number of hydrogen-bond acceptors (Lipinski definition) is 3. The zero-order valence-electron chi connectivity index (χ0n) is 12.1. The van der Waals surface area contributed by atoms with Crippen LogP contribution in [0.5, 0.6) is 11.5 Å². The van der Waals surface area contributed by atoms with E-state index in [-0.39, 0.29) is 6.04 Å². The van der Waals surface area contributed by atoms with Gasteiger partial charge in [-0.3, -0.25) is 0 Å². The molecule has 0 aliphatic carbocycles. The Morgan fingerprint density at radius 1 is 0.952 bits per heavy atom. The first-order valence-corrected chi connectivity index (χ1v) is 7.24. The fourth-order valence-corrected chi connectivity index (χ4v) is 2.40. The van der Waals surface area contributed by atoms with Gasteiger partial charge in [-0.2, -0.15) is 0 Å². The summed E-state index contributed by atoms with van der Waals surface area (Å²) in [6, 6.07) is 11.4. The molecule has 0 aromatic heterocycles. The summed E-state index contributed by atoms with van der Waals surface area (Å²) in [6.07, 6.45) is 0. The van der Waals surface area contributed by atoms with Crippen molar-refractivity contribution < 1.29 is 9.47 Å². The van der Waals surface area contributed by atoms with Gasteiger partial charge in [0.2, 0.25) is 0 Å². The van der Waals surface area contributed by atoms with Crippen molar-refractivity contribution in [1.82, 2.24) is 0 Å². The van der Waals surface area contributed by atoms with Gasteiger partial charge in [-0.05, 0) is 24.6 Å². The highest BCUT2D eigenvalue weighted by molar-refractivity contribution is 6.32. The Morgan fingerprint density at radius 3 is 2.14 bits per heavy atom. The zero-order chi connectivity index (χ0) is 15.4. The highest BCUT2D eigenvalue weighted by atomic mass is 35.5. The van der Waals surface area contributed by atoms with Gasteiger partial charge < -0.3 is 14.8 Å². The van der Waals surface area contributed by atoms with E-state index in [9.17, 15) is 0 Å². The molecule has 1 unspecified atom stereocenters. The summed E-state index contributed by atoms with van der Waals surface area (Å²) < 4.78 is 10.6. The molecule has 0 heterocycles. The third kappa shape index (κ3) is 3.74. The molecule has 2 aromatic rings. The minimum atomic E-state index is 0.0852. The molecule has 0 fully saturated rings. The normalized spacial score (nSPS) is 11.9. The predicted octanol–water partition coefficient (Wildman–Crippen LogP) is 5.18. The molecule has 0 amide bonds. The van der Waals surface area contributed by atoms with Gasteiger partial charge in [-0.15, -0.1) is 0 Å². The van der Waals surface area contributed by atoms with E-state index in [0.29, 0.717) is 16.5 Å². The molecule has 1 N–H and O–H groups in total. The lowest BCUT2D eigenvalue weighted by atomic mass is 10.1. The van der Waals surface area contributed by atoms with Crippen LogP contribution < -0.4 is 14.8 Å². The number of anilines is 1. The standard InChI is InChI=1S/C16H17Cl2NO2/c1-10(11-4-6-12(17)7-5-11)19-14-9-15(20-2)13(18)8-16(14)21-3/h4-10,19H,1-3H3. The molecule has 0 radical (unpaired) electrons. The lowest BCUT2D eigenvalue weighted by Crippen LogP contribution is -2.08. The van der Waals surface area contributed by atoms with Gasteiger partial charge in [0.05, 0.1) is 24.9 Å². The second-order valence-electron chi connectivity index (χ2n) is 4.60. The highest BCUT2D eigenvalue weighted by Gasteiger charge is 2.13. The molecular weight excluding hydrogens is 309 g/mol. The smallest absolute Gasteiger partial charge is 0.143 e. The van der Waals surface area contributed by atoms with Crippen LogP contribution >= 0.6 is 23.2 Å². The van der Waals surface area contributed by atoms with Crippen molar-refractivity contribution in [2.45, 2.75) is 13.0 Å². The maximum Gasteiger partial charge on any atom is 0.143 e. The largest absolute Gasteiger partial charge is 0.495 e. The molecule has 0 aliphatic heterocycles. The number of rotatable bonds is 5. The van der Waals surface area contributed by atoms with Crippen LogP contribution in [0.2, 0.25) is 10.0 Å². The maximum absolute atomic E-state index is 6.10. The molecule has 0 saturated carbocycles. The van der Waals surface area contributed by atoms with Gasteiger partial charge >= 0.3 is 0 Å². The van der Waals surface area contributed by atoms with Gasteiger partial charge in [-0.25, -0.2) is 0 Å². The third-order valence-electron chi connectivity index (χ3n) is 3.22. The molecule has 5 heteroatoms. The Hall–Kier alpha value is -1.58.